The van der Waals surface area contributed by atoms with E-state index in [-0.39, 0.29) is 21.7 Å². The molecule has 2 rings (SSSR count). The lowest BCUT2D eigenvalue weighted by Gasteiger charge is -2.11. The molecule has 1 heterocycles. The lowest BCUT2D eigenvalue weighted by Crippen LogP contribution is -2.09. The number of aromatic nitrogens is 2. The van der Waals surface area contributed by atoms with E-state index in [1.807, 2.05) is 0 Å². The second kappa shape index (κ2) is 4.64. The Balaban J connectivity index is 2.48. The molecule has 2 aromatic rings. The van der Waals surface area contributed by atoms with E-state index in [1.54, 1.807) is 19.2 Å². The molecule has 0 saturated carbocycles. The van der Waals surface area contributed by atoms with E-state index in [0.717, 1.165) is 0 Å². The largest absolute Gasteiger partial charge is 0.380 e. The van der Waals surface area contributed by atoms with E-state index in [9.17, 15) is 9.50 Å². The van der Waals surface area contributed by atoms with Gasteiger partial charge >= 0.3 is 0 Å². The van der Waals surface area contributed by atoms with Crippen LogP contribution in [-0.2, 0) is 7.05 Å². The molecule has 0 radical (unpaired) electrons. The van der Waals surface area contributed by atoms with Gasteiger partial charge in [0, 0.05) is 12.6 Å². The summed E-state index contributed by atoms with van der Waals surface area (Å²) < 4.78 is 14.9. The highest BCUT2D eigenvalue weighted by Crippen LogP contribution is 2.29. The molecule has 90 valence electrons. The third kappa shape index (κ3) is 2.16. The lowest BCUT2D eigenvalue weighted by molar-refractivity contribution is 0.201. The first-order valence-corrected chi connectivity index (χ1v) is 5.58. The van der Waals surface area contributed by atoms with Gasteiger partial charge in [0.2, 0.25) is 0 Å². The number of aliphatic hydroxyl groups excluding tert-OH is 1. The minimum atomic E-state index is -1.20. The molecule has 0 amide bonds. The summed E-state index contributed by atoms with van der Waals surface area (Å²) in [4.78, 5) is 3.91. The number of hydrogen-bond donors (Lipinski definition) is 1. The Morgan fingerprint density at radius 1 is 1.35 bits per heavy atom. The van der Waals surface area contributed by atoms with Crippen molar-refractivity contribution in [1.82, 2.24) is 9.55 Å². The monoisotopic (exact) mass is 274 g/mol. The second-order valence-corrected chi connectivity index (χ2v) is 4.25. The third-order valence-electron chi connectivity index (χ3n) is 2.47. The topological polar surface area (TPSA) is 38.0 Å². The van der Waals surface area contributed by atoms with Crippen molar-refractivity contribution in [2.75, 3.05) is 0 Å². The van der Waals surface area contributed by atoms with Gasteiger partial charge in [-0.15, -0.1) is 0 Å². The van der Waals surface area contributed by atoms with Crippen LogP contribution in [0.4, 0.5) is 4.39 Å². The minimum absolute atomic E-state index is 0.0829. The van der Waals surface area contributed by atoms with Crippen molar-refractivity contribution in [2.24, 2.45) is 7.05 Å². The summed E-state index contributed by atoms with van der Waals surface area (Å²) in [6, 6.07) is 5.93. The number of aliphatic hydroxyl groups is 1. The number of rotatable bonds is 2. The predicted octanol–water partition coefficient (Wildman–Crippen LogP) is 2.95. The molecule has 0 bridgehead atoms. The van der Waals surface area contributed by atoms with Crippen LogP contribution in [0.2, 0.25) is 10.3 Å². The summed E-state index contributed by atoms with van der Waals surface area (Å²) in [5.41, 5.74) is 0.133. The lowest BCUT2D eigenvalue weighted by atomic mass is 10.1. The molecule has 0 aliphatic rings. The molecular formula is C11H9Cl2FN2O. The molecule has 0 unspecified atom stereocenters. The molecule has 3 nitrogen and oxygen atoms in total. The Labute approximate surface area is 107 Å². The van der Waals surface area contributed by atoms with Gasteiger partial charge in [-0.25, -0.2) is 9.37 Å². The Bertz CT molecular complexity index is 556. The molecular weight excluding hydrogens is 266 g/mol. The number of nitrogens with zero attached hydrogens (tertiary/aromatic N) is 2. The van der Waals surface area contributed by atoms with Crippen LogP contribution in [0, 0.1) is 5.82 Å². The standard InChI is InChI=1S/C11H9Cl2FN2O/c1-16-10(13)9(12)15-11(16)8(17)6-4-2-3-5-7(6)14/h2-5,8,17H,1H3/t8-/m1/s1. The van der Waals surface area contributed by atoms with E-state index in [0.29, 0.717) is 0 Å². The van der Waals surface area contributed by atoms with Gasteiger partial charge in [0.05, 0.1) is 0 Å². The smallest absolute Gasteiger partial charge is 0.166 e. The highest BCUT2D eigenvalue weighted by Gasteiger charge is 2.22. The number of imidazole rings is 1. The minimum Gasteiger partial charge on any atom is -0.380 e. The van der Waals surface area contributed by atoms with Gasteiger partial charge in [-0.1, -0.05) is 41.4 Å². The fourth-order valence-electron chi connectivity index (χ4n) is 1.54. The Morgan fingerprint density at radius 3 is 2.53 bits per heavy atom. The van der Waals surface area contributed by atoms with Crippen molar-refractivity contribution in [1.29, 1.82) is 0 Å². The first-order valence-electron chi connectivity index (χ1n) is 4.82. The summed E-state index contributed by atoms with van der Waals surface area (Å²) in [6.07, 6.45) is -1.20. The molecule has 1 aromatic heterocycles. The summed E-state index contributed by atoms with van der Waals surface area (Å²) in [6.45, 7) is 0. The van der Waals surface area contributed by atoms with E-state index >= 15 is 0 Å². The maximum atomic E-state index is 13.5. The zero-order valence-corrected chi connectivity index (χ0v) is 10.4. The molecule has 0 fully saturated rings. The quantitative estimate of drug-likeness (QED) is 0.915. The molecule has 0 aliphatic heterocycles. The van der Waals surface area contributed by atoms with Gasteiger partial charge in [-0.05, 0) is 6.07 Å². The molecule has 0 saturated heterocycles. The van der Waals surface area contributed by atoms with Crippen LogP contribution >= 0.6 is 23.2 Å². The third-order valence-corrected chi connectivity index (χ3v) is 3.26. The van der Waals surface area contributed by atoms with Crippen molar-refractivity contribution in [3.05, 3.63) is 51.8 Å². The van der Waals surface area contributed by atoms with Crippen LogP contribution < -0.4 is 0 Å². The van der Waals surface area contributed by atoms with Gasteiger partial charge in [-0.3, -0.25) is 0 Å². The maximum Gasteiger partial charge on any atom is 0.166 e. The molecule has 0 aliphatic carbocycles. The SMILES string of the molecule is Cn1c([C@H](O)c2ccccc2F)nc(Cl)c1Cl. The van der Waals surface area contributed by atoms with Crippen LogP contribution in [-0.4, -0.2) is 14.7 Å². The zero-order chi connectivity index (χ0) is 12.6. The Kier molecular flexibility index (Phi) is 3.38. The van der Waals surface area contributed by atoms with Crippen molar-refractivity contribution in [3.8, 4) is 0 Å². The van der Waals surface area contributed by atoms with Gasteiger partial charge in [0.25, 0.3) is 0 Å². The van der Waals surface area contributed by atoms with Crippen molar-refractivity contribution in [2.45, 2.75) is 6.10 Å². The fourth-order valence-corrected chi connectivity index (χ4v) is 1.88. The average molecular weight is 275 g/mol. The Hall–Kier alpha value is -1.10. The summed E-state index contributed by atoms with van der Waals surface area (Å²) in [5.74, 6) is -0.305. The van der Waals surface area contributed by atoms with Crippen molar-refractivity contribution >= 4 is 23.2 Å². The van der Waals surface area contributed by atoms with Gasteiger partial charge < -0.3 is 9.67 Å². The molecule has 1 N–H and O–H groups in total. The summed E-state index contributed by atoms with van der Waals surface area (Å²) in [5, 5.41) is 10.3. The maximum absolute atomic E-state index is 13.5. The normalized spacial score (nSPS) is 12.8. The molecule has 0 spiro atoms. The Morgan fingerprint density at radius 2 is 2.00 bits per heavy atom. The van der Waals surface area contributed by atoms with Crippen molar-refractivity contribution in [3.63, 3.8) is 0 Å². The molecule has 6 heteroatoms. The highest BCUT2D eigenvalue weighted by atomic mass is 35.5. The highest BCUT2D eigenvalue weighted by molar-refractivity contribution is 6.40. The average Bonchev–Trinajstić information content (AvgIpc) is 2.57. The van der Waals surface area contributed by atoms with E-state index in [1.165, 1.54) is 16.7 Å². The molecule has 17 heavy (non-hydrogen) atoms. The number of benzene rings is 1. The van der Waals surface area contributed by atoms with Crippen LogP contribution in [0.3, 0.4) is 0 Å². The van der Waals surface area contributed by atoms with Gasteiger partial charge in [0.15, 0.2) is 5.15 Å². The van der Waals surface area contributed by atoms with Gasteiger partial charge in [-0.2, -0.15) is 0 Å². The number of hydrogen-bond acceptors (Lipinski definition) is 2. The molecule has 1 atom stereocenters. The predicted molar refractivity (Wildman–Crippen MR) is 63.7 cm³/mol. The zero-order valence-electron chi connectivity index (χ0n) is 8.86. The first-order chi connectivity index (χ1) is 8.02. The van der Waals surface area contributed by atoms with E-state index < -0.39 is 11.9 Å². The van der Waals surface area contributed by atoms with Crippen LogP contribution in [0.1, 0.15) is 17.5 Å². The molecule has 1 aromatic carbocycles. The van der Waals surface area contributed by atoms with Crippen LogP contribution in [0.5, 0.6) is 0 Å². The van der Waals surface area contributed by atoms with Crippen LogP contribution in [0.15, 0.2) is 24.3 Å². The van der Waals surface area contributed by atoms with Crippen molar-refractivity contribution < 1.29 is 9.50 Å². The second-order valence-electron chi connectivity index (χ2n) is 3.53. The van der Waals surface area contributed by atoms with E-state index in [2.05, 4.69) is 4.98 Å². The summed E-state index contributed by atoms with van der Waals surface area (Å²) in [7, 11) is 1.60. The fraction of sp³-hybridized carbons (Fsp3) is 0.182. The first kappa shape index (κ1) is 12.4. The van der Waals surface area contributed by atoms with E-state index in [4.69, 9.17) is 23.2 Å². The van der Waals surface area contributed by atoms with Gasteiger partial charge in [0.1, 0.15) is 22.9 Å². The van der Waals surface area contributed by atoms with Crippen LogP contribution in [0.25, 0.3) is 0 Å². The summed E-state index contributed by atoms with van der Waals surface area (Å²) >= 11 is 11.6. The number of halogens is 3.